The van der Waals surface area contributed by atoms with Crippen LogP contribution in [0.1, 0.15) is 56.5 Å². The minimum Gasteiger partial charge on any atom is -0.289 e. The van der Waals surface area contributed by atoms with Gasteiger partial charge in [-0.2, -0.15) is 0 Å². The van der Waals surface area contributed by atoms with Gasteiger partial charge in [0.05, 0.1) is 9.79 Å². The van der Waals surface area contributed by atoms with Crippen LogP contribution in [0.5, 0.6) is 0 Å². The summed E-state index contributed by atoms with van der Waals surface area (Å²) in [6.45, 7) is 7.28. The molecule has 1 aliphatic carbocycles. The number of hydrogen-bond donors (Lipinski definition) is 2. The number of benzene rings is 2. The summed E-state index contributed by atoms with van der Waals surface area (Å²) in [5.74, 6) is -0.388. The van der Waals surface area contributed by atoms with Gasteiger partial charge in [0.15, 0.2) is 5.78 Å². The third-order valence-corrected chi connectivity index (χ3v) is 8.49. The van der Waals surface area contributed by atoms with Crippen molar-refractivity contribution in [3.05, 3.63) is 47.5 Å². The van der Waals surface area contributed by atoms with Crippen LogP contribution in [0.4, 0.5) is 0 Å². The lowest BCUT2D eigenvalue weighted by Gasteiger charge is -2.13. The Morgan fingerprint density at radius 1 is 0.700 bits per heavy atom. The first-order valence-electron chi connectivity index (χ1n) is 9.88. The Kier molecular flexibility index (Phi) is 6.20. The van der Waals surface area contributed by atoms with Gasteiger partial charge in [-0.25, -0.2) is 26.3 Å². The van der Waals surface area contributed by atoms with Crippen molar-refractivity contribution >= 4 is 25.8 Å². The van der Waals surface area contributed by atoms with Gasteiger partial charge in [0.2, 0.25) is 20.0 Å². The van der Waals surface area contributed by atoms with E-state index in [-0.39, 0.29) is 38.8 Å². The summed E-state index contributed by atoms with van der Waals surface area (Å²) in [5.41, 5.74) is 1.69. The molecule has 7 nitrogen and oxygen atoms in total. The van der Waals surface area contributed by atoms with Gasteiger partial charge in [-0.3, -0.25) is 4.79 Å². The molecule has 0 heterocycles. The van der Waals surface area contributed by atoms with E-state index in [0.29, 0.717) is 24.0 Å². The molecule has 0 aromatic heterocycles. The number of ketones is 1. The average molecular weight is 451 g/mol. The second-order valence-corrected chi connectivity index (χ2v) is 11.0. The van der Waals surface area contributed by atoms with Crippen LogP contribution in [0.15, 0.2) is 46.2 Å². The summed E-state index contributed by atoms with van der Waals surface area (Å²) in [6.07, 6.45) is 1.27. The molecule has 30 heavy (non-hydrogen) atoms. The molecule has 2 aromatic carbocycles. The van der Waals surface area contributed by atoms with Crippen molar-refractivity contribution in [2.24, 2.45) is 0 Å². The van der Waals surface area contributed by atoms with Crippen LogP contribution in [-0.2, 0) is 20.0 Å². The van der Waals surface area contributed by atoms with Gasteiger partial charge in [-0.15, -0.1) is 0 Å². The standard InChI is InChI=1S/C21H26N2O5S2/c1-5-13(3)22-29(25,26)15-7-9-17-18-10-8-16(30(27,28)23-14(4)6-2)12-20(18)21(24)19(17)11-15/h7-14,22-23H,5-6H2,1-4H3/t13-,14-/m0/s1. The van der Waals surface area contributed by atoms with Crippen molar-refractivity contribution in [3.63, 3.8) is 0 Å². The lowest BCUT2D eigenvalue weighted by atomic mass is 10.1. The highest BCUT2D eigenvalue weighted by Crippen LogP contribution is 2.38. The molecule has 9 heteroatoms. The predicted molar refractivity (Wildman–Crippen MR) is 115 cm³/mol. The molecular formula is C21H26N2O5S2. The topological polar surface area (TPSA) is 109 Å². The van der Waals surface area contributed by atoms with Crippen molar-refractivity contribution in [2.45, 2.75) is 62.4 Å². The average Bonchev–Trinajstić information content (AvgIpc) is 2.98. The normalized spacial score (nSPS) is 15.5. The molecule has 0 radical (unpaired) electrons. The van der Waals surface area contributed by atoms with Gasteiger partial charge in [0.1, 0.15) is 0 Å². The molecule has 1 aliphatic rings. The minimum absolute atomic E-state index is 0.00832. The molecule has 0 aliphatic heterocycles. The summed E-state index contributed by atoms with van der Waals surface area (Å²) < 4.78 is 55.5. The number of nitrogens with one attached hydrogen (secondary N) is 2. The molecule has 0 bridgehead atoms. The Morgan fingerprint density at radius 2 is 1.07 bits per heavy atom. The van der Waals surface area contributed by atoms with Gasteiger partial charge in [-0.05, 0) is 62.1 Å². The van der Waals surface area contributed by atoms with Crippen LogP contribution < -0.4 is 9.44 Å². The molecule has 2 N–H and O–H groups in total. The maximum absolute atomic E-state index is 13.0. The first kappa shape index (κ1) is 22.6. The van der Waals surface area contributed by atoms with Crippen molar-refractivity contribution < 1.29 is 21.6 Å². The monoisotopic (exact) mass is 450 g/mol. The first-order valence-corrected chi connectivity index (χ1v) is 12.8. The Morgan fingerprint density at radius 3 is 1.40 bits per heavy atom. The lowest BCUT2D eigenvalue weighted by molar-refractivity contribution is 0.104. The molecule has 162 valence electrons. The van der Waals surface area contributed by atoms with Crippen molar-refractivity contribution in [3.8, 4) is 11.1 Å². The highest BCUT2D eigenvalue weighted by molar-refractivity contribution is 7.89. The van der Waals surface area contributed by atoms with Gasteiger partial charge >= 0.3 is 0 Å². The lowest BCUT2D eigenvalue weighted by Crippen LogP contribution is -2.32. The Balaban J connectivity index is 2.00. The first-order chi connectivity index (χ1) is 14.0. The third kappa shape index (κ3) is 4.20. The highest BCUT2D eigenvalue weighted by atomic mass is 32.2. The van der Waals surface area contributed by atoms with E-state index in [1.807, 2.05) is 13.8 Å². The molecule has 0 saturated carbocycles. The molecule has 0 spiro atoms. The summed E-state index contributed by atoms with van der Waals surface area (Å²) in [5, 5.41) is 0. The molecule has 0 fully saturated rings. The van der Waals surface area contributed by atoms with Crippen molar-refractivity contribution in [1.29, 1.82) is 0 Å². The van der Waals surface area contributed by atoms with Crippen LogP contribution >= 0.6 is 0 Å². The smallest absolute Gasteiger partial charge is 0.240 e. The van der Waals surface area contributed by atoms with E-state index in [9.17, 15) is 21.6 Å². The van der Waals surface area contributed by atoms with E-state index in [1.54, 1.807) is 26.0 Å². The Labute approximate surface area is 178 Å². The maximum Gasteiger partial charge on any atom is 0.240 e. The van der Waals surface area contributed by atoms with E-state index in [1.165, 1.54) is 24.3 Å². The largest absolute Gasteiger partial charge is 0.289 e. The quantitative estimate of drug-likeness (QED) is 0.548. The van der Waals surface area contributed by atoms with E-state index >= 15 is 0 Å². The van der Waals surface area contributed by atoms with E-state index in [4.69, 9.17) is 0 Å². The fourth-order valence-electron chi connectivity index (χ4n) is 3.20. The van der Waals surface area contributed by atoms with Crippen LogP contribution in [0.25, 0.3) is 11.1 Å². The zero-order chi connectivity index (χ0) is 22.3. The number of rotatable bonds is 8. The van der Waals surface area contributed by atoms with Gasteiger partial charge in [0.25, 0.3) is 0 Å². The number of carbonyl (C=O) groups excluding carboxylic acids is 1. The van der Waals surface area contributed by atoms with Crippen LogP contribution in [0.3, 0.4) is 0 Å². The van der Waals surface area contributed by atoms with E-state index < -0.39 is 20.0 Å². The molecule has 2 aromatic rings. The summed E-state index contributed by atoms with van der Waals surface area (Å²) in [4.78, 5) is 13.0. The molecular weight excluding hydrogens is 424 g/mol. The van der Waals surface area contributed by atoms with Crippen LogP contribution in [0.2, 0.25) is 0 Å². The zero-order valence-corrected chi connectivity index (χ0v) is 19.0. The van der Waals surface area contributed by atoms with Crippen LogP contribution in [-0.4, -0.2) is 34.7 Å². The third-order valence-electron chi connectivity index (χ3n) is 5.32. The SMILES string of the molecule is CC[C@H](C)NS(=O)(=O)c1ccc2c(c1)C(=O)c1cc(S(=O)(=O)N[C@@H](C)CC)ccc1-2. The number of fused-ring (bicyclic) bond motifs is 3. The van der Waals surface area contributed by atoms with Crippen molar-refractivity contribution in [2.75, 3.05) is 0 Å². The Hall–Kier alpha value is -2.07. The predicted octanol–water partition coefficient (Wildman–Crippen LogP) is 3.05. The van der Waals surface area contributed by atoms with Gasteiger partial charge < -0.3 is 0 Å². The summed E-state index contributed by atoms with van der Waals surface area (Å²) in [7, 11) is -7.52. The highest BCUT2D eigenvalue weighted by Gasteiger charge is 2.30. The Bertz CT molecular complexity index is 1110. The summed E-state index contributed by atoms with van der Waals surface area (Å²) in [6, 6.07) is 8.35. The molecule has 0 amide bonds. The molecule has 0 unspecified atom stereocenters. The molecule has 3 rings (SSSR count). The molecule has 2 atom stereocenters. The summed E-state index contributed by atoms with van der Waals surface area (Å²) >= 11 is 0. The number of carbonyl (C=O) groups is 1. The fourth-order valence-corrected chi connectivity index (χ4v) is 5.91. The fraction of sp³-hybridized carbons (Fsp3) is 0.381. The molecule has 0 saturated heterocycles. The number of hydrogen-bond acceptors (Lipinski definition) is 5. The van der Waals surface area contributed by atoms with Crippen LogP contribution in [0, 0.1) is 0 Å². The number of sulfonamides is 2. The van der Waals surface area contributed by atoms with E-state index in [0.717, 1.165) is 0 Å². The van der Waals surface area contributed by atoms with E-state index in [2.05, 4.69) is 9.44 Å². The van der Waals surface area contributed by atoms with Gasteiger partial charge in [0, 0.05) is 23.2 Å². The zero-order valence-electron chi connectivity index (χ0n) is 17.4. The minimum atomic E-state index is -3.76. The second kappa shape index (κ2) is 8.22. The van der Waals surface area contributed by atoms with Crippen molar-refractivity contribution in [1.82, 2.24) is 9.44 Å². The second-order valence-electron chi connectivity index (χ2n) is 7.61. The maximum atomic E-state index is 13.0. The van der Waals surface area contributed by atoms with Gasteiger partial charge in [-0.1, -0.05) is 26.0 Å².